The highest BCUT2D eigenvalue weighted by Gasteiger charge is 2.34. The Balaban J connectivity index is 2.57. The molecule has 0 amide bonds. The number of rotatable bonds is 5. The van der Waals surface area contributed by atoms with Gasteiger partial charge in [0.15, 0.2) is 0 Å². The summed E-state index contributed by atoms with van der Waals surface area (Å²) in [7, 11) is -2.62. The molecule has 0 aliphatic rings. The van der Waals surface area contributed by atoms with Gasteiger partial charge in [0.05, 0.1) is 10.5 Å². The molecule has 0 aliphatic heterocycles. The number of nitro benzene ring substituents is 1. The van der Waals surface area contributed by atoms with Gasteiger partial charge in [-0.15, -0.1) is 0 Å². The first-order valence-corrected chi connectivity index (χ1v) is 9.34. The summed E-state index contributed by atoms with van der Waals surface area (Å²) in [6.07, 6.45) is -3.95. The van der Waals surface area contributed by atoms with Crippen molar-refractivity contribution in [2.24, 2.45) is 0 Å². The number of pyridine rings is 1. The Labute approximate surface area is 156 Å². The lowest BCUT2D eigenvalue weighted by atomic mass is 10.1. The van der Waals surface area contributed by atoms with Gasteiger partial charge in [0.2, 0.25) is 17.1 Å². The number of halogens is 4. The number of alkyl halides is 3. The van der Waals surface area contributed by atoms with E-state index in [4.69, 9.17) is 21.2 Å². The van der Waals surface area contributed by atoms with Gasteiger partial charge in [0.1, 0.15) is 17.4 Å². The van der Waals surface area contributed by atoms with Gasteiger partial charge in [-0.25, -0.2) is 4.98 Å². The van der Waals surface area contributed by atoms with Gasteiger partial charge in [-0.2, -0.15) is 18.4 Å². The minimum atomic E-state index is -4.69. The molecule has 7 nitrogen and oxygen atoms in total. The molecule has 1 atom stereocenters. The molecule has 2 aromatic rings. The number of ether oxygens (including phenoxy) is 1. The first-order chi connectivity index (χ1) is 12.6. The molecule has 0 spiro atoms. The lowest BCUT2D eigenvalue weighted by Crippen LogP contribution is -2.09. The number of nitriles is 1. The van der Waals surface area contributed by atoms with Crippen molar-refractivity contribution in [3.8, 4) is 17.7 Å². The largest absolute Gasteiger partial charge is 0.501 e. The van der Waals surface area contributed by atoms with Gasteiger partial charge in [-0.1, -0.05) is 6.92 Å². The number of benzene rings is 1. The summed E-state index contributed by atoms with van der Waals surface area (Å²) in [4.78, 5) is 13.9. The summed E-state index contributed by atoms with van der Waals surface area (Å²) in [5.41, 5.74) is -1.79. The van der Waals surface area contributed by atoms with Crippen LogP contribution in [0.1, 0.15) is 23.6 Å². The summed E-state index contributed by atoms with van der Waals surface area (Å²) in [6, 6.07) is 4.29. The Morgan fingerprint density at radius 1 is 1.41 bits per heavy atom. The fourth-order valence-corrected chi connectivity index (χ4v) is 3.08. The van der Waals surface area contributed by atoms with E-state index >= 15 is 0 Å². The Kier molecular flexibility index (Phi) is 5.98. The zero-order valence-electron chi connectivity index (χ0n) is 13.5. The molecule has 0 saturated heterocycles. The molecule has 0 bridgehead atoms. The van der Waals surface area contributed by atoms with Crippen LogP contribution in [0.4, 0.5) is 18.9 Å². The molecule has 140 valence electrons. The molecule has 1 aromatic heterocycles. The van der Waals surface area contributed by atoms with Crippen LogP contribution in [0.15, 0.2) is 24.4 Å². The highest BCUT2D eigenvalue weighted by atomic mass is 35.7. The molecule has 27 heavy (non-hydrogen) atoms. The van der Waals surface area contributed by atoms with Crippen molar-refractivity contribution in [2.75, 3.05) is 0 Å². The maximum Gasteiger partial charge on any atom is 0.501 e. The third-order valence-corrected chi connectivity index (χ3v) is 4.71. The fourth-order valence-electron chi connectivity index (χ4n) is 2.13. The standard InChI is InChI=1S/C15H9ClF3N3O4P/c1-2-8-4-11(22(23)24)13(27(16)25)5-12(8)26-14-9(6-20)3-10(7-21-14)15(17,18)19/h3-5,7H,2H2,1H3/q+1. The highest BCUT2D eigenvalue weighted by molar-refractivity contribution is 7.80. The minimum Gasteiger partial charge on any atom is -0.437 e. The van der Waals surface area contributed by atoms with E-state index in [0.29, 0.717) is 17.8 Å². The summed E-state index contributed by atoms with van der Waals surface area (Å²) in [6.45, 7) is 1.65. The first kappa shape index (κ1) is 20.6. The predicted molar refractivity (Wildman–Crippen MR) is 89.6 cm³/mol. The molecule has 2 rings (SSSR count). The van der Waals surface area contributed by atoms with Crippen LogP contribution in [-0.4, -0.2) is 9.91 Å². The lowest BCUT2D eigenvalue weighted by molar-refractivity contribution is -0.383. The van der Waals surface area contributed by atoms with Gasteiger partial charge < -0.3 is 4.74 Å². The lowest BCUT2D eigenvalue weighted by Gasteiger charge is -2.12. The summed E-state index contributed by atoms with van der Waals surface area (Å²) in [5, 5.41) is 19.9. The number of nitrogens with zero attached hydrogens (tertiary/aromatic N) is 3. The monoisotopic (exact) mass is 418 g/mol. The van der Waals surface area contributed by atoms with E-state index in [2.05, 4.69) is 4.98 Å². The highest BCUT2D eigenvalue weighted by Crippen LogP contribution is 2.37. The number of hydrogen-bond acceptors (Lipinski definition) is 6. The van der Waals surface area contributed by atoms with Gasteiger partial charge in [0.25, 0.3) is 5.30 Å². The second-order valence-corrected chi connectivity index (χ2v) is 6.99. The topological polar surface area (TPSA) is 106 Å². The minimum absolute atomic E-state index is 0.0501. The van der Waals surface area contributed by atoms with Crippen molar-refractivity contribution in [2.45, 2.75) is 19.5 Å². The average molecular weight is 419 g/mol. The van der Waals surface area contributed by atoms with E-state index in [9.17, 15) is 27.9 Å². The Bertz CT molecular complexity index is 976. The smallest absolute Gasteiger partial charge is 0.437 e. The predicted octanol–water partition coefficient (Wildman–Crippen LogP) is 4.84. The molecule has 1 aromatic carbocycles. The van der Waals surface area contributed by atoms with E-state index in [-0.39, 0.29) is 17.5 Å². The van der Waals surface area contributed by atoms with Gasteiger partial charge in [-0.05, 0) is 17.1 Å². The number of hydrogen-bond donors (Lipinski definition) is 0. The number of aromatic nitrogens is 1. The Hall–Kier alpha value is -2.76. The quantitative estimate of drug-likeness (QED) is 0.390. The van der Waals surface area contributed by atoms with Crippen LogP contribution in [0, 0.1) is 21.4 Å². The van der Waals surface area contributed by atoms with Crippen LogP contribution in [0.5, 0.6) is 11.6 Å². The van der Waals surface area contributed by atoms with Gasteiger partial charge >= 0.3 is 19.0 Å². The first-order valence-electron chi connectivity index (χ1n) is 7.18. The molecule has 12 heteroatoms. The third kappa shape index (κ3) is 4.51. The van der Waals surface area contributed by atoms with Crippen LogP contribution >= 0.6 is 18.4 Å². The Morgan fingerprint density at radius 3 is 2.56 bits per heavy atom. The molecule has 0 fully saturated rings. The maximum absolute atomic E-state index is 12.7. The molecule has 0 radical (unpaired) electrons. The molecule has 0 N–H and O–H groups in total. The third-order valence-electron chi connectivity index (χ3n) is 3.43. The SMILES string of the molecule is CCc1cc([N+](=O)[O-])c([P+](=O)Cl)cc1Oc1ncc(C(F)(F)F)cc1C#N. The van der Waals surface area contributed by atoms with Crippen molar-refractivity contribution in [3.63, 3.8) is 0 Å². The molecular formula is C15H9ClF3N3O4P+. The zero-order chi connectivity index (χ0) is 20.4. The van der Waals surface area contributed by atoms with Crippen LogP contribution in [0.2, 0.25) is 0 Å². The Morgan fingerprint density at radius 2 is 2.07 bits per heavy atom. The van der Waals surface area contributed by atoms with E-state index in [1.807, 2.05) is 0 Å². The number of nitro groups is 1. The number of aryl methyl sites for hydroxylation is 1. The summed E-state index contributed by atoms with van der Waals surface area (Å²) < 4.78 is 55.2. The second kappa shape index (κ2) is 7.86. The fraction of sp³-hybridized carbons (Fsp3) is 0.200. The van der Waals surface area contributed by atoms with Crippen molar-refractivity contribution < 1.29 is 27.4 Å². The van der Waals surface area contributed by atoms with E-state index in [1.165, 1.54) is 0 Å². The molecule has 1 unspecified atom stereocenters. The van der Waals surface area contributed by atoms with Crippen molar-refractivity contribution >= 4 is 29.4 Å². The van der Waals surface area contributed by atoms with Crippen LogP contribution in [0.25, 0.3) is 0 Å². The van der Waals surface area contributed by atoms with Crippen molar-refractivity contribution in [1.29, 1.82) is 5.26 Å². The van der Waals surface area contributed by atoms with E-state index < -0.39 is 40.9 Å². The molecule has 0 aliphatic carbocycles. The average Bonchev–Trinajstić information content (AvgIpc) is 2.60. The van der Waals surface area contributed by atoms with E-state index in [1.54, 1.807) is 13.0 Å². The van der Waals surface area contributed by atoms with E-state index in [0.717, 1.165) is 12.1 Å². The summed E-state index contributed by atoms with van der Waals surface area (Å²) in [5.74, 6) is -0.476. The molecule has 1 heterocycles. The second-order valence-electron chi connectivity index (χ2n) is 5.09. The van der Waals surface area contributed by atoms with Gasteiger partial charge in [-0.3, -0.25) is 10.1 Å². The van der Waals surface area contributed by atoms with Gasteiger partial charge in [0, 0.05) is 23.9 Å². The van der Waals surface area contributed by atoms with Crippen LogP contribution in [-0.2, 0) is 17.2 Å². The normalized spacial score (nSPS) is 11.6. The van der Waals surface area contributed by atoms with Crippen LogP contribution in [0.3, 0.4) is 0 Å². The zero-order valence-corrected chi connectivity index (χ0v) is 15.1. The van der Waals surface area contributed by atoms with Crippen molar-refractivity contribution in [1.82, 2.24) is 4.98 Å². The molecular weight excluding hydrogens is 410 g/mol. The van der Waals surface area contributed by atoms with Crippen molar-refractivity contribution in [3.05, 3.63) is 51.2 Å². The molecule has 0 saturated carbocycles. The maximum atomic E-state index is 12.7. The summed E-state index contributed by atoms with van der Waals surface area (Å²) >= 11 is 5.51. The van der Waals surface area contributed by atoms with Crippen LogP contribution < -0.4 is 10.0 Å².